The number of rotatable bonds is 0. The summed E-state index contributed by atoms with van der Waals surface area (Å²) in [4.78, 5) is 0.266. The third-order valence-electron chi connectivity index (χ3n) is 1.76. The van der Waals surface area contributed by atoms with Crippen LogP contribution in [-0.4, -0.2) is 5.01 Å². The van der Waals surface area contributed by atoms with Crippen LogP contribution in [0.3, 0.4) is 0 Å². The molecule has 2 atom stereocenters. The smallest absolute Gasteiger partial charge is 0.169 e. The SMILES string of the molecule is BrC1Oc2c(I)cccc2C1Br. The number of ether oxygens (including phenoxy) is 1. The Balaban J connectivity index is 2.53. The Hall–Kier alpha value is 0.710. The monoisotopic (exact) mass is 402 g/mol. The van der Waals surface area contributed by atoms with Gasteiger partial charge in [0, 0.05) is 5.56 Å². The molecule has 1 aromatic rings. The first-order valence-electron chi connectivity index (χ1n) is 3.43. The Kier molecular flexibility index (Phi) is 2.67. The average Bonchev–Trinajstić information content (AvgIpc) is 2.32. The maximum atomic E-state index is 5.61. The molecule has 0 N–H and O–H groups in total. The van der Waals surface area contributed by atoms with Gasteiger partial charge in [0.2, 0.25) is 0 Å². The van der Waals surface area contributed by atoms with Crippen LogP contribution in [0.5, 0.6) is 5.75 Å². The second-order valence-corrected chi connectivity index (χ2v) is 5.58. The number of fused-ring (bicyclic) bond motifs is 1. The summed E-state index contributed by atoms with van der Waals surface area (Å²) >= 11 is 9.29. The molecular weight excluding hydrogens is 399 g/mol. The van der Waals surface area contributed by atoms with Crippen molar-refractivity contribution in [3.05, 3.63) is 27.3 Å². The predicted molar refractivity (Wildman–Crippen MR) is 64.2 cm³/mol. The number of benzene rings is 1. The number of halogens is 3. The zero-order chi connectivity index (χ0) is 8.72. The highest BCUT2D eigenvalue weighted by Crippen LogP contribution is 2.46. The van der Waals surface area contributed by atoms with Gasteiger partial charge in [-0.2, -0.15) is 0 Å². The van der Waals surface area contributed by atoms with Crippen LogP contribution in [-0.2, 0) is 0 Å². The minimum atomic E-state index is 0.0587. The highest BCUT2D eigenvalue weighted by atomic mass is 127. The van der Waals surface area contributed by atoms with Crippen LogP contribution < -0.4 is 4.74 Å². The summed E-state index contributed by atoms with van der Waals surface area (Å²) in [6.07, 6.45) is 0. The first-order chi connectivity index (χ1) is 5.70. The lowest BCUT2D eigenvalue weighted by Crippen LogP contribution is -2.03. The van der Waals surface area contributed by atoms with Crippen molar-refractivity contribution in [1.82, 2.24) is 0 Å². The highest BCUT2D eigenvalue weighted by Gasteiger charge is 2.31. The predicted octanol–water partition coefficient (Wildman–Crippen LogP) is 3.84. The van der Waals surface area contributed by atoms with Gasteiger partial charge >= 0.3 is 0 Å². The summed E-state index contributed by atoms with van der Waals surface area (Å²) in [5.41, 5.74) is 1.23. The Morgan fingerprint density at radius 1 is 1.33 bits per heavy atom. The van der Waals surface area contributed by atoms with Crippen LogP contribution in [0, 0.1) is 3.57 Å². The normalized spacial score (nSPS) is 26.6. The molecule has 0 amide bonds. The second-order valence-electron chi connectivity index (χ2n) is 2.53. The Labute approximate surface area is 101 Å². The largest absolute Gasteiger partial charge is 0.476 e. The van der Waals surface area contributed by atoms with Crippen molar-refractivity contribution in [2.24, 2.45) is 0 Å². The van der Waals surface area contributed by atoms with E-state index in [1.54, 1.807) is 0 Å². The summed E-state index contributed by atoms with van der Waals surface area (Å²) in [5, 5.41) is 0.0587. The molecule has 1 nitrogen and oxygen atoms in total. The van der Waals surface area contributed by atoms with Gasteiger partial charge in [0.25, 0.3) is 0 Å². The molecule has 1 heterocycles. The van der Waals surface area contributed by atoms with Crippen LogP contribution in [0.1, 0.15) is 10.4 Å². The van der Waals surface area contributed by atoms with Gasteiger partial charge in [-0.1, -0.05) is 28.1 Å². The zero-order valence-corrected chi connectivity index (χ0v) is 11.3. The van der Waals surface area contributed by atoms with Gasteiger partial charge in [-0.3, -0.25) is 0 Å². The third kappa shape index (κ3) is 1.42. The van der Waals surface area contributed by atoms with Gasteiger partial charge in [0.1, 0.15) is 5.75 Å². The molecule has 2 unspecified atom stereocenters. The number of hydrogen-bond donors (Lipinski definition) is 0. The fourth-order valence-electron chi connectivity index (χ4n) is 1.18. The molecule has 0 spiro atoms. The van der Waals surface area contributed by atoms with E-state index in [-0.39, 0.29) is 9.84 Å². The van der Waals surface area contributed by atoms with Gasteiger partial charge in [0.05, 0.1) is 8.40 Å². The van der Waals surface area contributed by atoms with Crippen LogP contribution in [0.2, 0.25) is 0 Å². The molecule has 0 saturated carbocycles. The van der Waals surface area contributed by atoms with E-state index in [1.807, 2.05) is 12.1 Å². The summed E-state index contributed by atoms with van der Waals surface area (Å²) in [6, 6.07) is 6.17. The van der Waals surface area contributed by atoms with Crippen LogP contribution >= 0.6 is 54.5 Å². The van der Waals surface area contributed by atoms with Gasteiger partial charge < -0.3 is 4.74 Å². The van der Waals surface area contributed by atoms with Crippen molar-refractivity contribution in [3.63, 3.8) is 0 Å². The lowest BCUT2D eigenvalue weighted by molar-refractivity contribution is 0.327. The van der Waals surface area contributed by atoms with E-state index in [1.165, 1.54) is 5.56 Å². The van der Waals surface area contributed by atoms with E-state index >= 15 is 0 Å². The van der Waals surface area contributed by atoms with E-state index in [0.29, 0.717) is 0 Å². The maximum absolute atomic E-state index is 5.61. The fourth-order valence-corrected chi connectivity index (χ4v) is 2.77. The molecule has 0 aliphatic carbocycles. The van der Waals surface area contributed by atoms with E-state index in [0.717, 1.165) is 9.32 Å². The summed E-state index contributed by atoms with van der Waals surface area (Å²) in [7, 11) is 0. The average molecular weight is 404 g/mol. The molecule has 0 fully saturated rings. The molecule has 0 saturated heterocycles. The Morgan fingerprint density at radius 3 is 2.75 bits per heavy atom. The molecule has 0 bridgehead atoms. The third-order valence-corrected chi connectivity index (χ3v) is 5.00. The van der Waals surface area contributed by atoms with Gasteiger partial charge in [-0.05, 0) is 44.6 Å². The number of alkyl halides is 2. The molecule has 1 aliphatic heterocycles. The van der Waals surface area contributed by atoms with Crippen molar-refractivity contribution in [2.45, 2.75) is 9.84 Å². The van der Waals surface area contributed by atoms with Crippen LogP contribution in [0.15, 0.2) is 18.2 Å². The highest BCUT2D eigenvalue weighted by molar-refractivity contribution is 14.1. The maximum Gasteiger partial charge on any atom is 0.169 e. The topological polar surface area (TPSA) is 9.23 Å². The van der Waals surface area contributed by atoms with Crippen molar-refractivity contribution in [2.75, 3.05) is 0 Å². The Bertz CT molecular complexity index is 316. The summed E-state index contributed by atoms with van der Waals surface area (Å²) in [6.45, 7) is 0. The lowest BCUT2D eigenvalue weighted by Gasteiger charge is -2.03. The summed E-state index contributed by atoms with van der Waals surface area (Å²) in [5.74, 6) is 1.00. The van der Waals surface area contributed by atoms with Gasteiger partial charge in [0.15, 0.2) is 5.01 Å². The minimum Gasteiger partial charge on any atom is -0.476 e. The van der Waals surface area contributed by atoms with Crippen LogP contribution in [0.25, 0.3) is 0 Å². The lowest BCUT2D eigenvalue weighted by atomic mass is 10.2. The molecular formula is C8H5Br2IO. The zero-order valence-electron chi connectivity index (χ0n) is 5.93. The molecule has 4 heteroatoms. The van der Waals surface area contributed by atoms with Crippen molar-refractivity contribution in [3.8, 4) is 5.75 Å². The van der Waals surface area contributed by atoms with E-state index < -0.39 is 0 Å². The molecule has 2 rings (SSSR count). The van der Waals surface area contributed by atoms with Crippen molar-refractivity contribution in [1.29, 1.82) is 0 Å². The van der Waals surface area contributed by atoms with E-state index in [4.69, 9.17) is 4.74 Å². The molecule has 0 radical (unpaired) electrons. The molecule has 0 aromatic heterocycles. The number of para-hydroxylation sites is 1. The molecule has 64 valence electrons. The first kappa shape index (κ1) is 9.27. The summed E-state index contributed by atoms with van der Waals surface area (Å²) < 4.78 is 6.78. The Morgan fingerprint density at radius 2 is 2.08 bits per heavy atom. The van der Waals surface area contributed by atoms with Crippen molar-refractivity contribution >= 4 is 54.5 Å². The molecule has 12 heavy (non-hydrogen) atoms. The van der Waals surface area contributed by atoms with Gasteiger partial charge in [-0.25, -0.2) is 0 Å². The van der Waals surface area contributed by atoms with Crippen LogP contribution in [0.4, 0.5) is 0 Å². The molecule has 1 aliphatic rings. The quantitative estimate of drug-likeness (QED) is 0.472. The standard InChI is InChI=1S/C8H5Br2IO/c9-6-4-2-1-3-5(11)7(4)12-8(6)10/h1-3,6,8H. The van der Waals surface area contributed by atoms with E-state index in [2.05, 4.69) is 60.5 Å². The molecule has 1 aromatic carbocycles. The number of hydrogen-bond acceptors (Lipinski definition) is 1. The fraction of sp³-hybridized carbons (Fsp3) is 0.250. The minimum absolute atomic E-state index is 0.0587. The van der Waals surface area contributed by atoms with E-state index in [9.17, 15) is 0 Å². The first-order valence-corrected chi connectivity index (χ1v) is 6.34. The van der Waals surface area contributed by atoms with Crippen molar-refractivity contribution < 1.29 is 4.74 Å². The second kappa shape index (κ2) is 3.46. The van der Waals surface area contributed by atoms with Gasteiger partial charge in [-0.15, -0.1) is 0 Å².